The first-order valence-electron chi connectivity index (χ1n) is 9.53. The van der Waals surface area contributed by atoms with E-state index in [-0.39, 0.29) is 17.3 Å². The van der Waals surface area contributed by atoms with Gasteiger partial charge < -0.3 is 21.3 Å². The van der Waals surface area contributed by atoms with E-state index in [0.717, 1.165) is 24.1 Å². The van der Waals surface area contributed by atoms with Crippen molar-refractivity contribution in [2.45, 2.75) is 25.8 Å². The molecule has 1 saturated heterocycles. The highest BCUT2D eigenvalue weighted by Gasteiger charge is 2.34. The Morgan fingerprint density at radius 2 is 1.83 bits per heavy atom. The molecular formula is C21H25N5O3. The van der Waals surface area contributed by atoms with Crippen molar-refractivity contribution in [1.29, 1.82) is 0 Å². The first-order chi connectivity index (χ1) is 13.9. The lowest BCUT2D eigenvalue weighted by atomic mass is 9.89. The van der Waals surface area contributed by atoms with Crippen molar-refractivity contribution >= 4 is 29.1 Å². The molecule has 2 aromatic rings. The lowest BCUT2D eigenvalue weighted by Gasteiger charge is -2.38. The molecule has 0 aliphatic carbocycles. The summed E-state index contributed by atoms with van der Waals surface area (Å²) in [6.07, 6.45) is 4.44. The van der Waals surface area contributed by atoms with Gasteiger partial charge in [0.1, 0.15) is 0 Å². The number of nitrogens with zero attached hydrogens (tertiary/aromatic N) is 2. The molecule has 3 rings (SSSR count). The summed E-state index contributed by atoms with van der Waals surface area (Å²) in [6, 6.07) is 9.10. The van der Waals surface area contributed by atoms with E-state index in [2.05, 4.69) is 22.5 Å². The molecule has 0 radical (unpaired) electrons. The number of likely N-dealkylation sites (tertiary alicyclic amines) is 1. The molecule has 2 atom stereocenters. The largest absolute Gasteiger partial charge is 0.388 e. The van der Waals surface area contributed by atoms with Gasteiger partial charge in [0, 0.05) is 25.5 Å². The summed E-state index contributed by atoms with van der Waals surface area (Å²) in [7, 11) is 1.85. The summed E-state index contributed by atoms with van der Waals surface area (Å²) >= 11 is 0. The smallest absolute Gasteiger partial charge is 0.313 e. The molecule has 0 bridgehead atoms. The maximum absolute atomic E-state index is 13.0. The van der Waals surface area contributed by atoms with Crippen LogP contribution in [0.5, 0.6) is 0 Å². The molecule has 152 valence electrons. The van der Waals surface area contributed by atoms with Crippen LogP contribution in [0.1, 0.15) is 41.7 Å². The monoisotopic (exact) mass is 395 g/mol. The summed E-state index contributed by atoms with van der Waals surface area (Å²) in [5, 5.41) is 5.60. The van der Waals surface area contributed by atoms with Gasteiger partial charge in [-0.25, -0.2) is 0 Å². The highest BCUT2D eigenvalue weighted by Crippen LogP contribution is 2.34. The Morgan fingerprint density at radius 3 is 2.48 bits per heavy atom. The number of rotatable bonds is 4. The van der Waals surface area contributed by atoms with Crippen LogP contribution in [0.15, 0.2) is 42.7 Å². The quantitative estimate of drug-likeness (QED) is 0.686. The van der Waals surface area contributed by atoms with E-state index < -0.39 is 17.7 Å². The zero-order chi connectivity index (χ0) is 21.0. The van der Waals surface area contributed by atoms with Crippen molar-refractivity contribution < 1.29 is 14.4 Å². The number of amides is 3. The molecule has 29 heavy (non-hydrogen) atoms. The average Bonchev–Trinajstić information content (AvgIpc) is 2.73. The third kappa shape index (κ3) is 4.71. The van der Waals surface area contributed by atoms with E-state index in [1.54, 1.807) is 4.90 Å². The number of nitrogens with two attached hydrogens (primary N) is 1. The summed E-state index contributed by atoms with van der Waals surface area (Å²) in [5.74, 6) is -1.72. The maximum atomic E-state index is 13.0. The van der Waals surface area contributed by atoms with Gasteiger partial charge in [-0.2, -0.15) is 0 Å². The highest BCUT2D eigenvalue weighted by atomic mass is 16.2. The number of pyridine rings is 1. The summed E-state index contributed by atoms with van der Waals surface area (Å²) < 4.78 is 0. The molecule has 1 aliphatic heterocycles. The average molecular weight is 395 g/mol. The SMILES string of the molecule is CNc1ccc([C@@H]2CC[C@@H](C)CN2C(=O)C(=O)Nc2cncc(C(N)=O)c2)cc1. The van der Waals surface area contributed by atoms with Gasteiger partial charge in [-0.05, 0) is 42.5 Å². The van der Waals surface area contributed by atoms with Crippen LogP contribution in [-0.4, -0.2) is 41.2 Å². The van der Waals surface area contributed by atoms with Crippen molar-refractivity contribution in [2.24, 2.45) is 11.7 Å². The van der Waals surface area contributed by atoms with Gasteiger partial charge >= 0.3 is 11.8 Å². The molecule has 3 amide bonds. The van der Waals surface area contributed by atoms with Gasteiger partial charge in [-0.1, -0.05) is 19.1 Å². The Labute approximate surface area is 169 Å². The van der Waals surface area contributed by atoms with Gasteiger partial charge in [0.2, 0.25) is 5.91 Å². The molecule has 1 aromatic carbocycles. The Kier molecular flexibility index (Phi) is 6.11. The topological polar surface area (TPSA) is 117 Å². The van der Waals surface area contributed by atoms with E-state index >= 15 is 0 Å². The Hall–Kier alpha value is -3.42. The van der Waals surface area contributed by atoms with E-state index in [0.29, 0.717) is 12.5 Å². The van der Waals surface area contributed by atoms with Crippen molar-refractivity contribution in [3.8, 4) is 0 Å². The number of carbonyl (C=O) groups excluding carboxylic acids is 3. The first-order valence-corrected chi connectivity index (χ1v) is 9.53. The van der Waals surface area contributed by atoms with Gasteiger partial charge in [0.15, 0.2) is 0 Å². The van der Waals surface area contributed by atoms with Crippen molar-refractivity contribution in [1.82, 2.24) is 9.88 Å². The van der Waals surface area contributed by atoms with Gasteiger partial charge in [-0.3, -0.25) is 19.4 Å². The van der Waals surface area contributed by atoms with Crippen LogP contribution < -0.4 is 16.4 Å². The second-order valence-corrected chi connectivity index (χ2v) is 7.31. The molecule has 8 heteroatoms. The van der Waals surface area contributed by atoms with Crippen LogP contribution in [0.25, 0.3) is 0 Å². The molecule has 4 N–H and O–H groups in total. The minimum Gasteiger partial charge on any atom is -0.388 e. The first kappa shape index (κ1) is 20.3. The number of anilines is 2. The molecule has 1 fully saturated rings. The van der Waals surface area contributed by atoms with Crippen molar-refractivity contribution in [3.05, 3.63) is 53.9 Å². The third-order valence-corrected chi connectivity index (χ3v) is 5.14. The van der Waals surface area contributed by atoms with Crippen LogP contribution >= 0.6 is 0 Å². The Morgan fingerprint density at radius 1 is 1.10 bits per heavy atom. The van der Waals surface area contributed by atoms with Gasteiger partial charge in [0.05, 0.1) is 23.5 Å². The fraction of sp³-hybridized carbons (Fsp3) is 0.333. The summed E-state index contributed by atoms with van der Waals surface area (Å²) in [5.41, 5.74) is 7.62. The lowest BCUT2D eigenvalue weighted by Crippen LogP contribution is -2.46. The van der Waals surface area contributed by atoms with Crippen LogP contribution in [0.2, 0.25) is 0 Å². The number of nitrogens with one attached hydrogen (secondary N) is 2. The number of primary amides is 1. The normalized spacial score (nSPS) is 18.8. The fourth-order valence-corrected chi connectivity index (χ4v) is 3.55. The molecule has 0 spiro atoms. The highest BCUT2D eigenvalue weighted by molar-refractivity contribution is 6.39. The van der Waals surface area contributed by atoms with E-state index in [4.69, 9.17) is 5.73 Å². The third-order valence-electron chi connectivity index (χ3n) is 5.14. The molecule has 0 saturated carbocycles. The number of piperidine rings is 1. The zero-order valence-electron chi connectivity index (χ0n) is 16.5. The number of benzene rings is 1. The zero-order valence-corrected chi connectivity index (χ0v) is 16.5. The van der Waals surface area contributed by atoms with Crippen LogP contribution in [-0.2, 0) is 9.59 Å². The second kappa shape index (κ2) is 8.72. The number of hydrogen-bond acceptors (Lipinski definition) is 5. The van der Waals surface area contributed by atoms with Gasteiger partial charge in [0.25, 0.3) is 0 Å². The Bertz CT molecular complexity index is 913. The molecule has 2 heterocycles. The summed E-state index contributed by atoms with van der Waals surface area (Å²) in [6.45, 7) is 2.57. The maximum Gasteiger partial charge on any atom is 0.313 e. The molecule has 0 unspecified atom stereocenters. The summed E-state index contributed by atoms with van der Waals surface area (Å²) in [4.78, 5) is 42.4. The molecule has 8 nitrogen and oxygen atoms in total. The number of hydrogen-bond donors (Lipinski definition) is 3. The van der Waals surface area contributed by atoms with Gasteiger partial charge in [-0.15, -0.1) is 0 Å². The standard InChI is InChI=1S/C21H25N5O3/c1-13-3-8-18(14-4-6-16(23-2)7-5-14)26(12-13)21(29)20(28)25-17-9-15(19(22)27)10-24-11-17/h4-7,9-11,13,18,23H,3,8,12H2,1-2H3,(H2,22,27)(H,25,28)/t13-,18+/m1/s1. The second-order valence-electron chi connectivity index (χ2n) is 7.31. The van der Waals surface area contributed by atoms with Crippen LogP contribution in [0.3, 0.4) is 0 Å². The van der Waals surface area contributed by atoms with E-state index in [1.165, 1.54) is 18.5 Å². The van der Waals surface area contributed by atoms with Crippen molar-refractivity contribution in [2.75, 3.05) is 24.2 Å². The number of carbonyl (C=O) groups is 3. The molecular weight excluding hydrogens is 370 g/mol. The number of aromatic nitrogens is 1. The van der Waals surface area contributed by atoms with Crippen LogP contribution in [0, 0.1) is 5.92 Å². The predicted octanol–water partition coefficient (Wildman–Crippen LogP) is 2.16. The molecule has 1 aromatic heterocycles. The lowest BCUT2D eigenvalue weighted by molar-refractivity contribution is -0.146. The predicted molar refractivity (Wildman–Crippen MR) is 110 cm³/mol. The molecule has 1 aliphatic rings. The van der Waals surface area contributed by atoms with E-state index in [1.807, 2.05) is 31.3 Å². The van der Waals surface area contributed by atoms with Crippen LogP contribution in [0.4, 0.5) is 11.4 Å². The minimum absolute atomic E-state index is 0.157. The Balaban J connectivity index is 1.78. The van der Waals surface area contributed by atoms with E-state index in [9.17, 15) is 14.4 Å². The van der Waals surface area contributed by atoms with Crippen molar-refractivity contribution in [3.63, 3.8) is 0 Å². The minimum atomic E-state index is -0.764. The fourth-order valence-electron chi connectivity index (χ4n) is 3.55.